The minimum atomic E-state index is -4.68. The van der Waals surface area contributed by atoms with Crippen molar-refractivity contribution in [3.05, 3.63) is 42.5 Å². The van der Waals surface area contributed by atoms with E-state index in [0.717, 1.165) is 21.8 Å². The van der Waals surface area contributed by atoms with E-state index >= 15 is 0 Å². The molecule has 2 aromatic rings. The Bertz CT molecular complexity index is 644. The summed E-state index contributed by atoms with van der Waals surface area (Å²) in [6.07, 6.45) is -4.68. The summed E-state index contributed by atoms with van der Waals surface area (Å²) in [5, 5.41) is 0. The molecule has 0 aliphatic carbocycles. The molecule has 0 spiro atoms. The fourth-order valence-electron chi connectivity index (χ4n) is 2.01. The van der Waals surface area contributed by atoms with Crippen molar-refractivity contribution in [1.82, 2.24) is 4.72 Å². The van der Waals surface area contributed by atoms with Crippen molar-refractivity contribution in [2.45, 2.75) is 11.3 Å². The first-order valence-corrected chi connectivity index (χ1v) is 6.86. The lowest BCUT2D eigenvalue weighted by Gasteiger charge is -2.20. The van der Waals surface area contributed by atoms with E-state index in [1.807, 2.05) is 18.2 Å². The van der Waals surface area contributed by atoms with Crippen molar-refractivity contribution in [3.63, 3.8) is 0 Å². The van der Waals surface area contributed by atoms with Crippen LogP contribution in [0.25, 0.3) is 11.1 Å². The molecule has 0 bridgehead atoms. The fourth-order valence-corrected chi connectivity index (χ4v) is 2.79. The number of hydrogen-bond acceptors (Lipinski definition) is 4. The lowest BCUT2D eigenvalue weighted by Crippen LogP contribution is -2.17. The summed E-state index contributed by atoms with van der Waals surface area (Å²) in [6.45, 7) is 0.416. The van der Waals surface area contributed by atoms with Gasteiger partial charge in [-0.1, -0.05) is 24.3 Å². The van der Waals surface area contributed by atoms with Crippen molar-refractivity contribution < 1.29 is 22.6 Å². The third-order valence-corrected chi connectivity index (χ3v) is 3.73. The van der Waals surface area contributed by atoms with Crippen molar-refractivity contribution in [1.29, 1.82) is 0 Å². The van der Waals surface area contributed by atoms with Crippen LogP contribution in [0.1, 0.15) is 0 Å². The minimum Gasteiger partial charge on any atom is -0.476 e. The number of rotatable bonds is 2. The van der Waals surface area contributed by atoms with Gasteiger partial charge < -0.3 is 9.47 Å². The molecule has 2 aromatic carbocycles. The van der Waals surface area contributed by atoms with Gasteiger partial charge in [-0.25, -0.2) is 4.72 Å². The van der Waals surface area contributed by atoms with Gasteiger partial charge in [0.2, 0.25) is 0 Å². The first kappa shape index (κ1) is 14.1. The first-order chi connectivity index (χ1) is 10.0. The van der Waals surface area contributed by atoms with Crippen molar-refractivity contribution in [2.75, 3.05) is 6.73 Å². The quantitative estimate of drug-likeness (QED) is 0.842. The van der Waals surface area contributed by atoms with Crippen molar-refractivity contribution in [2.24, 2.45) is 0 Å². The van der Waals surface area contributed by atoms with Gasteiger partial charge in [-0.2, -0.15) is 0 Å². The highest BCUT2D eigenvalue weighted by molar-refractivity contribution is 7.97. The Hall–Kier alpha value is -1.86. The number of ether oxygens (including phenoxy) is 2. The Morgan fingerprint density at radius 3 is 2.57 bits per heavy atom. The van der Waals surface area contributed by atoms with Crippen molar-refractivity contribution >= 4 is 11.9 Å². The van der Waals surface area contributed by atoms with E-state index in [4.69, 9.17) is 4.74 Å². The molecule has 0 aromatic heterocycles. The second-order valence-electron chi connectivity index (χ2n) is 4.24. The van der Waals surface area contributed by atoms with E-state index < -0.39 is 6.36 Å². The zero-order valence-electron chi connectivity index (χ0n) is 10.6. The minimum absolute atomic E-state index is 0.238. The van der Waals surface area contributed by atoms with Gasteiger partial charge in [0.25, 0.3) is 0 Å². The zero-order chi connectivity index (χ0) is 14.9. The highest BCUT2D eigenvalue weighted by Crippen LogP contribution is 2.39. The highest BCUT2D eigenvalue weighted by atomic mass is 32.2. The van der Waals surface area contributed by atoms with Gasteiger partial charge >= 0.3 is 6.36 Å². The molecule has 7 heteroatoms. The third-order valence-electron chi connectivity index (χ3n) is 2.84. The van der Waals surface area contributed by atoms with E-state index in [0.29, 0.717) is 6.73 Å². The Kier molecular flexibility index (Phi) is 3.69. The summed E-state index contributed by atoms with van der Waals surface area (Å²) in [4.78, 5) is 0.910. The SMILES string of the molecule is FC(F)(F)Oc1ccc(-c2cccc3c2SNCO3)cc1. The molecule has 1 aliphatic rings. The van der Waals surface area contributed by atoms with Gasteiger partial charge in [0.1, 0.15) is 18.2 Å². The van der Waals surface area contributed by atoms with Crippen molar-refractivity contribution in [3.8, 4) is 22.6 Å². The largest absolute Gasteiger partial charge is 0.573 e. The molecular formula is C14H10F3NO2S. The molecule has 0 radical (unpaired) electrons. The smallest absolute Gasteiger partial charge is 0.476 e. The van der Waals surface area contributed by atoms with Crippen LogP contribution in [-0.2, 0) is 0 Å². The maximum absolute atomic E-state index is 12.1. The van der Waals surface area contributed by atoms with Gasteiger partial charge in [-0.05, 0) is 35.7 Å². The number of hydrogen-bond donors (Lipinski definition) is 1. The molecule has 110 valence electrons. The maximum atomic E-state index is 12.1. The zero-order valence-corrected chi connectivity index (χ0v) is 11.4. The number of fused-ring (bicyclic) bond motifs is 1. The van der Waals surface area contributed by atoms with Crippen LogP contribution in [0.2, 0.25) is 0 Å². The Morgan fingerprint density at radius 2 is 1.86 bits per heavy atom. The monoisotopic (exact) mass is 313 g/mol. The van der Waals surface area contributed by atoms with Gasteiger partial charge in [-0.3, -0.25) is 0 Å². The Balaban J connectivity index is 1.91. The Labute approximate surface area is 123 Å². The van der Waals surface area contributed by atoms with E-state index in [2.05, 4.69) is 9.46 Å². The summed E-state index contributed by atoms with van der Waals surface area (Å²) in [5.41, 5.74) is 1.68. The molecule has 1 heterocycles. The molecule has 0 fully saturated rings. The second-order valence-corrected chi connectivity index (χ2v) is 5.14. The third kappa shape index (κ3) is 3.25. The van der Waals surface area contributed by atoms with E-state index in [1.54, 1.807) is 12.1 Å². The van der Waals surface area contributed by atoms with Crippen LogP contribution in [0.4, 0.5) is 13.2 Å². The van der Waals surface area contributed by atoms with Crippen LogP contribution in [0, 0.1) is 0 Å². The molecule has 3 nitrogen and oxygen atoms in total. The second kappa shape index (κ2) is 5.50. The molecule has 1 N–H and O–H groups in total. The molecule has 21 heavy (non-hydrogen) atoms. The first-order valence-electron chi connectivity index (χ1n) is 6.05. The lowest BCUT2D eigenvalue weighted by molar-refractivity contribution is -0.274. The molecule has 3 rings (SSSR count). The Morgan fingerprint density at radius 1 is 1.10 bits per heavy atom. The predicted molar refractivity (Wildman–Crippen MR) is 73.0 cm³/mol. The number of halogens is 3. The maximum Gasteiger partial charge on any atom is 0.573 e. The molecule has 0 unspecified atom stereocenters. The molecule has 1 aliphatic heterocycles. The molecular weight excluding hydrogens is 303 g/mol. The van der Waals surface area contributed by atoms with Gasteiger partial charge in [-0.15, -0.1) is 13.2 Å². The topological polar surface area (TPSA) is 30.5 Å². The fraction of sp³-hybridized carbons (Fsp3) is 0.143. The normalized spacial score (nSPS) is 14.2. The van der Waals surface area contributed by atoms with Crippen LogP contribution in [0.3, 0.4) is 0 Å². The highest BCUT2D eigenvalue weighted by Gasteiger charge is 2.31. The van der Waals surface area contributed by atoms with Gasteiger partial charge in [0, 0.05) is 5.56 Å². The molecule has 0 atom stereocenters. The molecule has 0 saturated heterocycles. The summed E-state index contributed by atoms with van der Waals surface area (Å²) in [7, 11) is 0. The summed E-state index contributed by atoms with van der Waals surface area (Å²) >= 11 is 1.44. The number of benzene rings is 2. The van der Waals surface area contributed by atoms with Crippen LogP contribution < -0.4 is 14.2 Å². The van der Waals surface area contributed by atoms with E-state index in [-0.39, 0.29) is 5.75 Å². The standard InChI is InChI=1S/C14H10F3NO2S/c15-14(16,17)20-10-6-4-9(5-7-10)11-2-1-3-12-13(11)21-18-8-19-12/h1-7,18H,8H2. The number of nitrogens with one attached hydrogen (secondary N) is 1. The van der Waals surface area contributed by atoms with Gasteiger partial charge in [0.05, 0.1) is 4.90 Å². The van der Waals surface area contributed by atoms with Crippen LogP contribution in [0.5, 0.6) is 11.5 Å². The van der Waals surface area contributed by atoms with Crippen LogP contribution in [-0.4, -0.2) is 13.1 Å². The summed E-state index contributed by atoms with van der Waals surface area (Å²) in [6, 6.07) is 11.4. The van der Waals surface area contributed by atoms with E-state index in [9.17, 15) is 13.2 Å². The van der Waals surface area contributed by atoms with E-state index in [1.165, 1.54) is 24.1 Å². The number of alkyl halides is 3. The molecule has 0 saturated carbocycles. The summed E-state index contributed by atoms with van der Waals surface area (Å²) < 4.78 is 48.8. The lowest BCUT2D eigenvalue weighted by atomic mass is 10.1. The summed E-state index contributed by atoms with van der Waals surface area (Å²) in [5.74, 6) is 0.518. The van der Waals surface area contributed by atoms with Gasteiger partial charge in [0.15, 0.2) is 0 Å². The van der Waals surface area contributed by atoms with Crippen LogP contribution in [0.15, 0.2) is 47.4 Å². The van der Waals surface area contributed by atoms with Crippen LogP contribution >= 0.6 is 11.9 Å². The average Bonchev–Trinajstić information content (AvgIpc) is 2.46. The predicted octanol–water partition coefficient (Wildman–Crippen LogP) is 4.20. The average molecular weight is 313 g/mol. The molecule has 0 amide bonds.